The van der Waals surface area contributed by atoms with E-state index in [0.29, 0.717) is 0 Å². The number of hydrogen-bond donors (Lipinski definition) is 0. The van der Waals surface area contributed by atoms with Gasteiger partial charge in [0.25, 0.3) is 0 Å². The van der Waals surface area contributed by atoms with E-state index in [1.165, 1.54) is 12.1 Å². The fourth-order valence-electron chi connectivity index (χ4n) is 1.02. The zero-order chi connectivity index (χ0) is 13.5. The molecule has 0 amide bonds. The van der Waals surface area contributed by atoms with E-state index in [1.54, 1.807) is 12.2 Å². The minimum atomic E-state index is -4.27. The Morgan fingerprint density at radius 1 is 1.12 bits per heavy atom. The third-order valence-electron chi connectivity index (χ3n) is 1.80. The van der Waals surface area contributed by atoms with Crippen LogP contribution in [0.25, 0.3) is 6.08 Å². The Bertz CT molecular complexity index is 369. The molecule has 0 saturated carbocycles. The zero-order valence-corrected chi connectivity index (χ0v) is 10.3. The zero-order valence-electron chi connectivity index (χ0n) is 10.3. The second-order valence-electron chi connectivity index (χ2n) is 3.30. The first-order valence-electron chi connectivity index (χ1n) is 5.40. The van der Waals surface area contributed by atoms with Gasteiger partial charge in [-0.05, 0) is 24.6 Å². The van der Waals surface area contributed by atoms with Crippen LogP contribution in [-0.2, 0) is 6.18 Å². The standard InChI is InChI=1S/C12H11F3.C2H6/c1-9(2)3-4-10-5-7-11(8-6-10)12(13,14)15;1-2/h3-8H,1H2,2H3;1-2H3/b4-3+;. The van der Waals surface area contributed by atoms with Crippen molar-refractivity contribution < 1.29 is 13.2 Å². The van der Waals surface area contributed by atoms with E-state index in [-0.39, 0.29) is 0 Å². The van der Waals surface area contributed by atoms with Crippen LogP contribution < -0.4 is 0 Å². The van der Waals surface area contributed by atoms with Gasteiger partial charge in [-0.2, -0.15) is 13.2 Å². The molecule has 0 atom stereocenters. The van der Waals surface area contributed by atoms with Gasteiger partial charge < -0.3 is 0 Å². The van der Waals surface area contributed by atoms with E-state index in [1.807, 2.05) is 20.8 Å². The molecule has 0 heterocycles. The van der Waals surface area contributed by atoms with Crippen molar-refractivity contribution in [3.63, 3.8) is 0 Å². The lowest BCUT2D eigenvalue weighted by Gasteiger charge is -2.05. The van der Waals surface area contributed by atoms with Crippen molar-refractivity contribution in [2.75, 3.05) is 0 Å². The average molecular weight is 242 g/mol. The molecule has 94 valence electrons. The lowest BCUT2D eigenvalue weighted by molar-refractivity contribution is -0.137. The first kappa shape index (κ1) is 15.5. The molecule has 1 aromatic rings. The number of benzene rings is 1. The molecule has 0 aliphatic rings. The van der Waals surface area contributed by atoms with Crippen molar-refractivity contribution >= 4 is 6.08 Å². The lowest BCUT2D eigenvalue weighted by atomic mass is 10.1. The molecule has 0 saturated heterocycles. The summed E-state index contributed by atoms with van der Waals surface area (Å²) in [6, 6.07) is 5.00. The maximum Gasteiger partial charge on any atom is 0.416 e. The SMILES string of the molecule is C=C(C)/C=C/c1ccc(C(F)(F)F)cc1.CC. The molecule has 0 fully saturated rings. The van der Waals surface area contributed by atoms with Crippen LogP contribution in [0.4, 0.5) is 13.2 Å². The molecule has 0 bridgehead atoms. The molecule has 1 rings (SSSR count). The van der Waals surface area contributed by atoms with Gasteiger partial charge in [0.1, 0.15) is 0 Å². The first-order chi connectivity index (χ1) is 7.89. The van der Waals surface area contributed by atoms with Gasteiger partial charge in [0.05, 0.1) is 5.56 Å². The summed E-state index contributed by atoms with van der Waals surface area (Å²) in [5.41, 5.74) is 0.955. The molecule has 0 N–H and O–H groups in total. The van der Waals surface area contributed by atoms with Crippen molar-refractivity contribution in [2.45, 2.75) is 26.9 Å². The van der Waals surface area contributed by atoms with Gasteiger partial charge in [0.2, 0.25) is 0 Å². The highest BCUT2D eigenvalue weighted by Gasteiger charge is 2.29. The van der Waals surface area contributed by atoms with Crippen LogP contribution in [0, 0.1) is 0 Å². The summed E-state index contributed by atoms with van der Waals surface area (Å²) in [6.07, 6.45) is -0.790. The number of hydrogen-bond acceptors (Lipinski definition) is 0. The summed E-state index contributed by atoms with van der Waals surface area (Å²) in [4.78, 5) is 0. The summed E-state index contributed by atoms with van der Waals surface area (Å²) < 4.78 is 36.6. The Hall–Kier alpha value is -1.51. The maximum atomic E-state index is 12.2. The molecule has 17 heavy (non-hydrogen) atoms. The Morgan fingerprint density at radius 2 is 1.59 bits per heavy atom. The highest BCUT2D eigenvalue weighted by atomic mass is 19.4. The van der Waals surface area contributed by atoms with Crippen LogP contribution in [0.15, 0.2) is 42.5 Å². The second kappa shape index (κ2) is 6.94. The van der Waals surface area contributed by atoms with E-state index in [4.69, 9.17) is 0 Å². The molecule has 3 heteroatoms. The molecule has 0 spiro atoms. The molecular formula is C14H17F3. The topological polar surface area (TPSA) is 0 Å². The molecule has 0 aliphatic carbocycles. The minimum absolute atomic E-state index is 0.630. The quantitative estimate of drug-likeness (QED) is 0.615. The molecule has 0 aromatic heterocycles. The molecule has 0 nitrogen and oxygen atoms in total. The number of alkyl halides is 3. The minimum Gasteiger partial charge on any atom is -0.166 e. The summed E-state index contributed by atoms with van der Waals surface area (Å²) >= 11 is 0. The predicted molar refractivity (Wildman–Crippen MR) is 66.6 cm³/mol. The summed E-state index contributed by atoms with van der Waals surface area (Å²) in [7, 11) is 0. The van der Waals surface area contributed by atoms with Crippen molar-refractivity contribution in [2.24, 2.45) is 0 Å². The van der Waals surface area contributed by atoms with E-state index < -0.39 is 11.7 Å². The predicted octanol–water partition coefficient (Wildman–Crippen LogP) is 5.32. The summed E-state index contributed by atoms with van der Waals surface area (Å²) in [5, 5.41) is 0. The first-order valence-corrected chi connectivity index (χ1v) is 5.40. The third-order valence-corrected chi connectivity index (χ3v) is 1.80. The fraction of sp³-hybridized carbons (Fsp3) is 0.286. The van der Waals surface area contributed by atoms with Gasteiger partial charge >= 0.3 is 6.18 Å². The van der Waals surface area contributed by atoms with Crippen LogP contribution in [0.1, 0.15) is 31.9 Å². The van der Waals surface area contributed by atoms with E-state index in [2.05, 4.69) is 6.58 Å². The van der Waals surface area contributed by atoms with Crippen LogP contribution in [0.2, 0.25) is 0 Å². The molecule has 1 aromatic carbocycles. The van der Waals surface area contributed by atoms with Crippen LogP contribution in [0.3, 0.4) is 0 Å². The average Bonchev–Trinajstić information content (AvgIpc) is 2.28. The fourth-order valence-corrected chi connectivity index (χ4v) is 1.02. The Balaban J connectivity index is 0.00000121. The Kier molecular flexibility index (Phi) is 6.33. The smallest absolute Gasteiger partial charge is 0.166 e. The second-order valence-corrected chi connectivity index (χ2v) is 3.30. The van der Waals surface area contributed by atoms with E-state index in [9.17, 15) is 13.2 Å². The van der Waals surface area contributed by atoms with Gasteiger partial charge in [-0.15, -0.1) is 0 Å². The van der Waals surface area contributed by atoms with Gasteiger partial charge in [0, 0.05) is 0 Å². The highest BCUT2D eigenvalue weighted by molar-refractivity contribution is 5.52. The van der Waals surface area contributed by atoms with Gasteiger partial charge in [-0.1, -0.05) is 50.3 Å². The highest BCUT2D eigenvalue weighted by Crippen LogP contribution is 2.29. The summed E-state index contributed by atoms with van der Waals surface area (Å²) in [5.74, 6) is 0. The van der Waals surface area contributed by atoms with Crippen molar-refractivity contribution in [1.29, 1.82) is 0 Å². The van der Waals surface area contributed by atoms with Crippen LogP contribution in [-0.4, -0.2) is 0 Å². The van der Waals surface area contributed by atoms with Crippen LogP contribution >= 0.6 is 0 Å². The maximum absolute atomic E-state index is 12.2. The summed E-state index contributed by atoms with van der Waals surface area (Å²) in [6.45, 7) is 9.48. The van der Waals surface area contributed by atoms with Gasteiger partial charge in [0.15, 0.2) is 0 Å². The van der Waals surface area contributed by atoms with Crippen molar-refractivity contribution in [1.82, 2.24) is 0 Å². The van der Waals surface area contributed by atoms with Gasteiger partial charge in [-0.3, -0.25) is 0 Å². The third kappa shape index (κ3) is 5.95. The van der Waals surface area contributed by atoms with Crippen molar-refractivity contribution in [3.05, 3.63) is 53.6 Å². The molecule has 0 aliphatic heterocycles. The molecular weight excluding hydrogens is 225 g/mol. The monoisotopic (exact) mass is 242 g/mol. The van der Waals surface area contributed by atoms with Crippen molar-refractivity contribution in [3.8, 4) is 0 Å². The molecule has 0 unspecified atom stereocenters. The van der Waals surface area contributed by atoms with E-state index >= 15 is 0 Å². The van der Waals surface area contributed by atoms with Gasteiger partial charge in [-0.25, -0.2) is 0 Å². The molecule has 0 radical (unpaired) electrons. The lowest BCUT2D eigenvalue weighted by Crippen LogP contribution is -2.03. The number of rotatable bonds is 2. The number of allylic oxidation sites excluding steroid dienone is 2. The normalized spacial score (nSPS) is 10.9. The Labute approximate surface area is 100 Å². The Morgan fingerprint density at radius 3 is 1.94 bits per heavy atom. The van der Waals surface area contributed by atoms with Crippen LogP contribution in [0.5, 0.6) is 0 Å². The largest absolute Gasteiger partial charge is 0.416 e. The van der Waals surface area contributed by atoms with E-state index in [0.717, 1.165) is 23.3 Å². The number of halogens is 3.